The molecule has 0 aromatic heterocycles. The van der Waals surface area contributed by atoms with Crippen LogP contribution >= 0.6 is 27.5 Å². The smallest absolute Gasteiger partial charge is 0.122 e. The fraction of sp³-hybridized carbons (Fsp3) is 0.176. The van der Waals surface area contributed by atoms with Crippen LogP contribution < -0.4 is 4.74 Å². The van der Waals surface area contributed by atoms with Gasteiger partial charge in [-0.15, -0.1) is 0 Å². The minimum Gasteiger partial charge on any atom is -0.498 e. The van der Waals surface area contributed by atoms with Gasteiger partial charge in [0.1, 0.15) is 18.9 Å². The van der Waals surface area contributed by atoms with Crippen LogP contribution in [0.15, 0.2) is 59.8 Å². The first-order chi connectivity index (χ1) is 10.9. The minimum atomic E-state index is -1.90. The van der Waals surface area contributed by atoms with E-state index in [0.717, 1.165) is 26.9 Å². The molecule has 4 heteroatoms. The van der Waals surface area contributed by atoms with Gasteiger partial charge >= 0.3 is 0 Å². The van der Waals surface area contributed by atoms with Crippen molar-refractivity contribution in [2.24, 2.45) is 0 Å². The topological polar surface area (TPSA) is 18.5 Å². The van der Waals surface area contributed by atoms with Crippen molar-refractivity contribution in [1.82, 2.24) is 0 Å². The SMILES string of the molecule is [2H]C([2H])(COc1ccc(Cc2cc(Br)ccc2Cl)cc1)OC=C. The van der Waals surface area contributed by atoms with Gasteiger partial charge in [0.15, 0.2) is 0 Å². The van der Waals surface area contributed by atoms with E-state index in [0.29, 0.717) is 12.2 Å². The molecule has 0 N–H and O–H groups in total. The Hall–Kier alpha value is -1.45. The normalized spacial score (nSPS) is 12.3. The van der Waals surface area contributed by atoms with Gasteiger partial charge < -0.3 is 9.47 Å². The van der Waals surface area contributed by atoms with Crippen molar-refractivity contribution in [3.8, 4) is 5.75 Å². The van der Waals surface area contributed by atoms with Crippen molar-refractivity contribution in [2.75, 3.05) is 13.2 Å². The van der Waals surface area contributed by atoms with Gasteiger partial charge in [0, 0.05) is 9.50 Å². The molecule has 110 valence electrons. The summed E-state index contributed by atoms with van der Waals surface area (Å²) in [7, 11) is 0. The maximum atomic E-state index is 7.54. The van der Waals surface area contributed by atoms with Crippen LogP contribution in [-0.4, -0.2) is 13.2 Å². The number of hydrogen-bond donors (Lipinski definition) is 0. The molecule has 0 aliphatic heterocycles. The summed E-state index contributed by atoms with van der Waals surface area (Å²) in [6.45, 7) is 1.22. The molecule has 0 aliphatic carbocycles. The zero-order valence-corrected chi connectivity index (χ0v) is 13.7. The van der Waals surface area contributed by atoms with Gasteiger partial charge in [-0.25, -0.2) is 0 Å². The first-order valence-corrected chi connectivity index (χ1v) is 7.51. The second-order valence-electron chi connectivity index (χ2n) is 4.27. The van der Waals surface area contributed by atoms with Gasteiger partial charge in [0.05, 0.1) is 9.00 Å². The Bertz CT molecular complexity index is 675. The van der Waals surface area contributed by atoms with Crippen molar-refractivity contribution in [2.45, 2.75) is 6.42 Å². The Labute approximate surface area is 141 Å². The molecular formula is C17H16BrClO2. The third kappa shape index (κ3) is 5.10. The second-order valence-corrected chi connectivity index (χ2v) is 5.60. The average molecular weight is 370 g/mol. The van der Waals surface area contributed by atoms with E-state index in [-0.39, 0.29) is 6.61 Å². The quantitative estimate of drug-likeness (QED) is 0.622. The third-order valence-corrected chi connectivity index (χ3v) is 3.65. The van der Waals surface area contributed by atoms with E-state index in [9.17, 15) is 0 Å². The number of hydrogen-bond acceptors (Lipinski definition) is 2. The molecule has 21 heavy (non-hydrogen) atoms. The highest BCUT2D eigenvalue weighted by Gasteiger charge is 2.03. The Kier molecular flexibility index (Phi) is 5.11. The van der Waals surface area contributed by atoms with E-state index in [1.165, 1.54) is 0 Å². The molecule has 0 fully saturated rings. The maximum absolute atomic E-state index is 7.54. The lowest BCUT2D eigenvalue weighted by molar-refractivity contribution is 0.179. The van der Waals surface area contributed by atoms with Gasteiger partial charge in [0.25, 0.3) is 0 Å². The zero-order valence-electron chi connectivity index (χ0n) is 13.3. The summed E-state index contributed by atoms with van der Waals surface area (Å²) >= 11 is 9.64. The predicted molar refractivity (Wildman–Crippen MR) is 90.0 cm³/mol. The lowest BCUT2D eigenvalue weighted by Crippen LogP contribution is -2.03. The molecule has 0 heterocycles. The fourth-order valence-corrected chi connectivity index (χ4v) is 2.40. The van der Waals surface area contributed by atoms with E-state index in [4.69, 9.17) is 23.8 Å². The summed E-state index contributed by atoms with van der Waals surface area (Å²) in [6, 6.07) is 13.2. The van der Waals surface area contributed by atoms with Crippen molar-refractivity contribution >= 4 is 27.5 Å². The van der Waals surface area contributed by atoms with Crippen molar-refractivity contribution in [1.29, 1.82) is 0 Å². The van der Waals surface area contributed by atoms with Gasteiger partial charge in [-0.1, -0.05) is 46.2 Å². The lowest BCUT2D eigenvalue weighted by atomic mass is 10.1. The number of halogens is 2. The number of rotatable bonds is 7. The molecule has 0 saturated carbocycles. The summed E-state index contributed by atoms with van der Waals surface area (Å²) in [4.78, 5) is 0. The Morgan fingerprint density at radius 1 is 1.24 bits per heavy atom. The average Bonchev–Trinajstić information content (AvgIpc) is 2.50. The Morgan fingerprint density at radius 2 is 2.00 bits per heavy atom. The Balaban J connectivity index is 1.99. The molecular weight excluding hydrogens is 352 g/mol. The van der Waals surface area contributed by atoms with E-state index in [1.54, 1.807) is 12.1 Å². The Morgan fingerprint density at radius 3 is 2.71 bits per heavy atom. The molecule has 0 aliphatic rings. The van der Waals surface area contributed by atoms with E-state index in [1.807, 2.05) is 30.3 Å². The molecule has 0 saturated heterocycles. The molecule has 2 aromatic carbocycles. The monoisotopic (exact) mass is 368 g/mol. The predicted octanol–water partition coefficient (Wildman–Crippen LogP) is 5.23. The summed E-state index contributed by atoms with van der Waals surface area (Å²) < 4.78 is 26.2. The standard InChI is InChI=1S/C17H16BrClO2/c1-2-20-9-10-21-16-6-3-13(4-7-16)11-14-12-15(18)5-8-17(14)19/h2-8,12H,1,9-11H2/i9D2. The van der Waals surface area contributed by atoms with Crippen molar-refractivity contribution in [3.63, 3.8) is 0 Å². The third-order valence-electron chi connectivity index (χ3n) is 2.79. The lowest BCUT2D eigenvalue weighted by Gasteiger charge is -2.08. The van der Waals surface area contributed by atoms with Crippen molar-refractivity contribution in [3.05, 3.63) is 75.9 Å². The van der Waals surface area contributed by atoms with Gasteiger partial charge in [-0.3, -0.25) is 0 Å². The van der Waals surface area contributed by atoms with Crippen LogP contribution in [0.4, 0.5) is 0 Å². The van der Waals surface area contributed by atoms with Crippen LogP contribution in [0.25, 0.3) is 0 Å². The number of ether oxygens (including phenoxy) is 2. The van der Waals surface area contributed by atoms with Gasteiger partial charge in [-0.05, 0) is 47.9 Å². The van der Waals surface area contributed by atoms with Gasteiger partial charge in [0.2, 0.25) is 0 Å². The second kappa shape index (κ2) is 8.11. The highest BCUT2D eigenvalue weighted by Crippen LogP contribution is 2.24. The van der Waals surface area contributed by atoms with Crippen LogP contribution in [-0.2, 0) is 11.2 Å². The first-order valence-electron chi connectivity index (χ1n) is 7.34. The fourth-order valence-electron chi connectivity index (χ4n) is 1.81. The van der Waals surface area contributed by atoms with E-state index in [2.05, 4.69) is 22.5 Å². The number of benzene rings is 2. The highest BCUT2D eigenvalue weighted by atomic mass is 79.9. The minimum absolute atomic E-state index is 0.212. The molecule has 0 bridgehead atoms. The molecule has 2 aromatic rings. The van der Waals surface area contributed by atoms with E-state index < -0.39 is 6.56 Å². The van der Waals surface area contributed by atoms with Gasteiger partial charge in [-0.2, -0.15) is 0 Å². The molecule has 0 atom stereocenters. The summed E-state index contributed by atoms with van der Waals surface area (Å²) in [5.41, 5.74) is 2.12. The summed E-state index contributed by atoms with van der Waals surface area (Å²) in [5.74, 6) is 0.575. The molecule has 0 radical (unpaired) electrons. The summed E-state index contributed by atoms with van der Waals surface area (Å²) in [5, 5.41) is 0.725. The van der Waals surface area contributed by atoms with Crippen LogP contribution in [0.1, 0.15) is 13.9 Å². The van der Waals surface area contributed by atoms with Crippen LogP contribution in [0, 0.1) is 0 Å². The zero-order chi connectivity index (χ0) is 16.9. The van der Waals surface area contributed by atoms with Crippen LogP contribution in [0.3, 0.4) is 0 Å². The van der Waals surface area contributed by atoms with Crippen molar-refractivity contribution < 1.29 is 12.2 Å². The highest BCUT2D eigenvalue weighted by molar-refractivity contribution is 9.10. The first kappa shape index (κ1) is 13.2. The largest absolute Gasteiger partial charge is 0.498 e. The van der Waals surface area contributed by atoms with Crippen LogP contribution in [0.2, 0.25) is 5.02 Å². The molecule has 0 spiro atoms. The maximum Gasteiger partial charge on any atom is 0.122 e. The molecule has 0 unspecified atom stereocenters. The summed E-state index contributed by atoms with van der Waals surface area (Å²) in [6.07, 6.45) is 1.77. The van der Waals surface area contributed by atoms with Crippen LogP contribution in [0.5, 0.6) is 5.75 Å². The molecule has 2 rings (SSSR count). The van der Waals surface area contributed by atoms with E-state index >= 15 is 0 Å². The molecule has 0 amide bonds. The molecule has 2 nitrogen and oxygen atoms in total.